The van der Waals surface area contributed by atoms with Crippen molar-refractivity contribution in [1.29, 1.82) is 0 Å². The van der Waals surface area contributed by atoms with Gasteiger partial charge in [0, 0.05) is 6.04 Å². The highest BCUT2D eigenvalue weighted by Crippen LogP contribution is 2.26. The molecule has 0 saturated carbocycles. The fraction of sp³-hybridized carbons (Fsp3) is 0.455. The van der Waals surface area contributed by atoms with E-state index >= 15 is 0 Å². The molecule has 1 aromatic carbocycles. The molecule has 4 heteroatoms. The summed E-state index contributed by atoms with van der Waals surface area (Å²) in [5.41, 5.74) is 12.5. The second-order valence-corrected chi connectivity index (χ2v) is 4.38. The first-order valence-corrected chi connectivity index (χ1v) is 5.81. The van der Waals surface area contributed by atoms with Gasteiger partial charge >= 0.3 is 0 Å². The lowest BCUT2D eigenvalue weighted by Crippen LogP contribution is -2.11. The number of rotatable bonds is 5. The highest BCUT2D eigenvalue weighted by molar-refractivity contribution is 6.42. The number of halogens is 2. The number of benzene rings is 1. The summed E-state index contributed by atoms with van der Waals surface area (Å²) in [5, 5.41) is 1.12. The van der Waals surface area contributed by atoms with E-state index in [1.807, 2.05) is 12.1 Å². The second-order valence-electron chi connectivity index (χ2n) is 3.56. The summed E-state index contributed by atoms with van der Waals surface area (Å²) in [6.07, 6.45) is 2.97. The van der Waals surface area contributed by atoms with Crippen molar-refractivity contribution >= 4 is 23.2 Å². The summed E-state index contributed by atoms with van der Waals surface area (Å²) in [6.45, 7) is 0.716. The molecule has 0 bridgehead atoms. The Morgan fingerprint density at radius 3 is 2.47 bits per heavy atom. The molecule has 0 aromatic heterocycles. The van der Waals surface area contributed by atoms with Gasteiger partial charge in [0.25, 0.3) is 0 Å². The molecule has 1 atom stereocenters. The first-order chi connectivity index (χ1) is 7.15. The fourth-order valence-electron chi connectivity index (χ4n) is 1.42. The maximum atomic E-state index is 6.01. The lowest BCUT2D eigenvalue weighted by atomic mass is 10.0. The SMILES string of the molecule is NCCCC[C@@H](N)c1ccc(Cl)c(Cl)c1. The van der Waals surface area contributed by atoms with Crippen LogP contribution in [0.15, 0.2) is 18.2 Å². The third kappa shape index (κ3) is 3.99. The van der Waals surface area contributed by atoms with E-state index in [1.165, 1.54) is 0 Å². The van der Waals surface area contributed by atoms with Gasteiger partial charge in [-0.15, -0.1) is 0 Å². The quantitative estimate of drug-likeness (QED) is 0.785. The molecule has 84 valence electrons. The molecule has 2 nitrogen and oxygen atoms in total. The van der Waals surface area contributed by atoms with Gasteiger partial charge in [-0.05, 0) is 37.1 Å². The van der Waals surface area contributed by atoms with Gasteiger partial charge in [-0.2, -0.15) is 0 Å². The van der Waals surface area contributed by atoms with Crippen molar-refractivity contribution in [1.82, 2.24) is 0 Å². The molecule has 0 amide bonds. The van der Waals surface area contributed by atoms with E-state index in [-0.39, 0.29) is 6.04 Å². The average Bonchev–Trinajstić information content (AvgIpc) is 2.22. The lowest BCUT2D eigenvalue weighted by Gasteiger charge is -2.12. The molecular formula is C11H16Cl2N2. The fourth-order valence-corrected chi connectivity index (χ4v) is 1.72. The molecule has 1 aromatic rings. The topological polar surface area (TPSA) is 52.0 Å². The third-order valence-corrected chi connectivity index (χ3v) is 3.08. The van der Waals surface area contributed by atoms with Crippen molar-refractivity contribution in [3.63, 3.8) is 0 Å². The minimum Gasteiger partial charge on any atom is -0.330 e. The van der Waals surface area contributed by atoms with Crippen LogP contribution in [0.25, 0.3) is 0 Å². The van der Waals surface area contributed by atoms with Crippen LogP contribution in [0, 0.1) is 0 Å². The van der Waals surface area contributed by atoms with Crippen molar-refractivity contribution < 1.29 is 0 Å². The van der Waals surface area contributed by atoms with E-state index in [0.717, 1.165) is 24.8 Å². The molecule has 1 rings (SSSR count). The molecule has 0 aliphatic rings. The normalized spacial score (nSPS) is 12.8. The Bertz CT molecular complexity index is 315. The van der Waals surface area contributed by atoms with Gasteiger partial charge < -0.3 is 11.5 Å². The Labute approximate surface area is 101 Å². The summed E-state index contributed by atoms with van der Waals surface area (Å²) in [6, 6.07) is 5.55. The smallest absolute Gasteiger partial charge is 0.0595 e. The molecule has 0 fully saturated rings. The predicted molar refractivity (Wildman–Crippen MR) is 66.3 cm³/mol. The molecular weight excluding hydrogens is 231 g/mol. The van der Waals surface area contributed by atoms with E-state index in [1.54, 1.807) is 6.07 Å². The van der Waals surface area contributed by atoms with E-state index in [2.05, 4.69) is 0 Å². The van der Waals surface area contributed by atoms with Crippen molar-refractivity contribution in [3.8, 4) is 0 Å². The molecule has 4 N–H and O–H groups in total. The minimum absolute atomic E-state index is 0.0197. The number of nitrogens with two attached hydrogens (primary N) is 2. The van der Waals surface area contributed by atoms with Crippen LogP contribution in [0.2, 0.25) is 10.0 Å². The first kappa shape index (κ1) is 12.8. The molecule has 0 aliphatic carbocycles. The Kier molecular flexibility index (Phi) is 5.40. The van der Waals surface area contributed by atoms with E-state index in [4.69, 9.17) is 34.7 Å². The van der Waals surface area contributed by atoms with Gasteiger partial charge in [-0.3, -0.25) is 0 Å². The van der Waals surface area contributed by atoms with Gasteiger partial charge in [0.05, 0.1) is 10.0 Å². The number of hydrogen-bond donors (Lipinski definition) is 2. The zero-order chi connectivity index (χ0) is 11.3. The Balaban J connectivity index is 2.57. The molecule has 0 heterocycles. The van der Waals surface area contributed by atoms with Crippen LogP contribution in [-0.4, -0.2) is 6.54 Å². The summed E-state index contributed by atoms with van der Waals surface area (Å²) in [5.74, 6) is 0. The Hall–Kier alpha value is -0.280. The van der Waals surface area contributed by atoms with Gasteiger partial charge in [0.1, 0.15) is 0 Å². The molecule has 0 spiro atoms. The maximum Gasteiger partial charge on any atom is 0.0595 e. The second kappa shape index (κ2) is 6.33. The third-order valence-electron chi connectivity index (χ3n) is 2.34. The summed E-state index contributed by atoms with van der Waals surface area (Å²) in [7, 11) is 0. The van der Waals surface area contributed by atoms with Crippen molar-refractivity contribution in [3.05, 3.63) is 33.8 Å². The monoisotopic (exact) mass is 246 g/mol. The van der Waals surface area contributed by atoms with Crippen LogP contribution in [-0.2, 0) is 0 Å². The van der Waals surface area contributed by atoms with Crippen molar-refractivity contribution in [2.75, 3.05) is 6.54 Å². The van der Waals surface area contributed by atoms with Gasteiger partial charge in [0.15, 0.2) is 0 Å². The standard InChI is InChI=1S/C11H16Cl2N2/c12-9-5-4-8(7-10(9)13)11(15)3-1-2-6-14/h4-5,7,11H,1-3,6,14-15H2/t11-/m1/s1. The highest BCUT2D eigenvalue weighted by atomic mass is 35.5. The Morgan fingerprint density at radius 2 is 1.87 bits per heavy atom. The Morgan fingerprint density at radius 1 is 1.13 bits per heavy atom. The van der Waals surface area contributed by atoms with Crippen LogP contribution >= 0.6 is 23.2 Å². The predicted octanol–water partition coefficient (Wildman–Crippen LogP) is 3.12. The molecule has 15 heavy (non-hydrogen) atoms. The summed E-state index contributed by atoms with van der Waals surface area (Å²) < 4.78 is 0. The average molecular weight is 247 g/mol. The highest BCUT2D eigenvalue weighted by Gasteiger charge is 2.07. The number of unbranched alkanes of at least 4 members (excludes halogenated alkanes) is 1. The van der Waals surface area contributed by atoms with Gasteiger partial charge in [-0.1, -0.05) is 35.7 Å². The maximum absolute atomic E-state index is 6.01. The van der Waals surface area contributed by atoms with Crippen LogP contribution in [0.5, 0.6) is 0 Å². The zero-order valence-corrected chi connectivity index (χ0v) is 10.1. The van der Waals surface area contributed by atoms with Crippen LogP contribution in [0.3, 0.4) is 0 Å². The van der Waals surface area contributed by atoms with Gasteiger partial charge in [-0.25, -0.2) is 0 Å². The van der Waals surface area contributed by atoms with Crippen molar-refractivity contribution in [2.24, 2.45) is 11.5 Å². The van der Waals surface area contributed by atoms with E-state index < -0.39 is 0 Å². The van der Waals surface area contributed by atoms with Crippen LogP contribution in [0.4, 0.5) is 0 Å². The lowest BCUT2D eigenvalue weighted by molar-refractivity contribution is 0.591. The van der Waals surface area contributed by atoms with Crippen LogP contribution in [0.1, 0.15) is 30.9 Å². The van der Waals surface area contributed by atoms with E-state index in [0.29, 0.717) is 16.6 Å². The summed E-state index contributed by atoms with van der Waals surface area (Å²) in [4.78, 5) is 0. The minimum atomic E-state index is 0.0197. The largest absolute Gasteiger partial charge is 0.330 e. The number of hydrogen-bond acceptors (Lipinski definition) is 2. The molecule has 0 unspecified atom stereocenters. The van der Waals surface area contributed by atoms with Gasteiger partial charge in [0.2, 0.25) is 0 Å². The van der Waals surface area contributed by atoms with Crippen LogP contribution < -0.4 is 11.5 Å². The summed E-state index contributed by atoms with van der Waals surface area (Å²) >= 11 is 11.7. The van der Waals surface area contributed by atoms with E-state index in [9.17, 15) is 0 Å². The zero-order valence-electron chi connectivity index (χ0n) is 8.55. The molecule has 0 saturated heterocycles. The molecule has 0 radical (unpaired) electrons. The van der Waals surface area contributed by atoms with Crippen molar-refractivity contribution in [2.45, 2.75) is 25.3 Å². The molecule has 0 aliphatic heterocycles. The first-order valence-electron chi connectivity index (χ1n) is 5.05.